The van der Waals surface area contributed by atoms with Gasteiger partial charge in [0.2, 0.25) is 0 Å². The maximum atomic E-state index is 13.9. The zero-order chi connectivity index (χ0) is 26.6. The molecule has 0 amide bonds. The number of fused-ring (bicyclic) bond motifs is 2. The molecule has 0 aliphatic carbocycles. The van der Waals surface area contributed by atoms with Gasteiger partial charge in [-0.25, -0.2) is 4.79 Å². The van der Waals surface area contributed by atoms with Crippen LogP contribution in [-0.4, -0.2) is 45.4 Å². The minimum absolute atomic E-state index is 0.193. The standard InChI is InChI=1S/C30H31ClN6O/c1-17(2)20-7-5-6-8-26(20)37-27-14-21(28-18(3)9-10-25-23(28)16-33-35-25)24(31)13-22(27)29(34-30(37)38)36-12-11-32-15-19(36)4/h5-10,13-14,16-17,19,32H,11-12,15H2,1-4H3,(H,33,35)/t19-/m0/s1. The Morgan fingerprint density at radius 3 is 2.71 bits per heavy atom. The highest BCUT2D eigenvalue weighted by Crippen LogP contribution is 2.40. The lowest BCUT2D eigenvalue weighted by Gasteiger charge is -2.35. The fourth-order valence-corrected chi connectivity index (χ4v) is 5.95. The third-order valence-corrected chi connectivity index (χ3v) is 7.95. The summed E-state index contributed by atoms with van der Waals surface area (Å²) < 4.78 is 1.76. The lowest BCUT2D eigenvalue weighted by atomic mass is 9.95. The highest BCUT2D eigenvalue weighted by Gasteiger charge is 2.26. The molecule has 194 valence electrons. The number of nitrogens with zero attached hydrogens (tertiary/aromatic N) is 4. The minimum atomic E-state index is -0.294. The molecule has 0 radical (unpaired) electrons. The second-order valence-corrected chi connectivity index (χ2v) is 10.9. The maximum Gasteiger partial charge on any atom is 0.354 e. The molecule has 7 nitrogen and oxygen atoms in total. The molecule has 2 aromatic heterocycles. The van der Waals surface area contributed by atoms with Gasteiger partial charge in [-0.05, 0) is 60.7 Å². The largest absolute Gasteiger partial charge is 0.354 e. The number of rotatable bonds is 4. The minimum Gasteiger partial charge on any atom is -0.351 e. The van der Waals surface area contributed by atoms with Crippen LogP contribution in [-0.2, 0) is 0 Å². The van der Waals surface area contributed by atoms with Gasteiger partial charge in [0.25, 0.3) is 0 Å². The molecule has 1 aliphatic heterocycles. The molecule has 38 heavy (non-hydrogen) atoms. The number of halogens is 1. The van der Waals surface area contributed by atoms with Gasteiger partial charge < -0.3 is 10.2 Å². The molecule has 2 N–H and O–H groups in total. The summed E-state index contributed by atoms with van der Waals surface area (Å²) in [6, 6.07) is 16.4. The van der Waals surface area contributed by atoms with Crippen LogP contribution in [0.5, 0.6) is 0 Å². The van der Waals surface area contributed by atoms with Crippen molar-refractivity contribution in [1.29, 1.82) is 0 Å². The predicted molar refractivity (Wildman–Crippen MR) is 156 cm³/mol. The van der Waals surface area contributed by atoms with Crippen molar-refractivity contribution < 1.29 is 0 Å². The lowest BCUT2D eigenvalue weighted by Crippen LogP contribution is -2.50. The van der Waals surface area contributed by atoms with Crippen molar-refractivity contribution in [3.8, 4) is 16.8 Å². The van der Waals surface area contributed by atoms with Gasteiger partial charge in [-0.2, -0.15) is 10.1 Å². The molecule has 0 unspecified atom stereocenters. The third-order valence-electron chi connectivity index (χ3n) is 7.63. The molecule has 5 aromatic rings. The molecule has 0 bridgehead atoms. The zero-order valence-corrected chi connectivity index (χ0v) is 22.8. The van der Waals surface area contributed by atoms with Gasteiger partial charge in [-0.1, -0.05) is 49.7 Å². The SMILES string of the molecule is Cc1ccc2[nH]ncc2c1-c1cc2c(cc1Cl)c(N1CCNC[C@@H]1C)nc(=O)n2-c1ccccc1C(C)C. The van der Waals surface area contributed by atoms with Gasteiger partial charge in [0.15, 0.2) is 0 Å². The average Bonchev–Trinajstić information content (AvgIpc) is 3.38. The van der Waals surface area contributed by atoms with E-state index in [4.69, 9.17) is 11.6 Å². The first kappa shape index (κ1) is 24.6. The number of aromatic nitrogens is 4. The van der Waals surface area contributed by atoms with E-state index < -0.39 is 0 Å². The molecule has 8 heteroatoms. The van der Waals surface area contributed by atoms with E-state index in [0.29, 0.717) is 10.8 Å². The number of hydrogen-bond acceptors (Lipinski definition) is 5. The van der Waals surface area contributed by atoms with Crippen molar-refractivity contribution in [3.63, 3.8) is 0 Å². The number of aryl methyl sites for hydroxylation is 1. The van der Waals surface area contributed by atoms with Crippen LogP contribution in [0.1, 0.15) is 37.8 Å². The molecule has 1 atom stereocenters. The molecule has 6 rings (SSSR count). The van der Waals surface area contributed by atoms with Crippen molar-refractivity contribution in [2.75, 3.05) is 24.5 Å². The number of para-hydroxylation sites is 1. The smallest absolute Gasteiger partial charge is 0.351 e. The first-order valence-corrected chi connectivity index (χ1v) is 13.5. The van der Waals surface area contributed by atoms with E-state index in [1.807, 2.05) is 36.5 Å². The van der Waals surface area contributed by atoms with Crippen LogP contribution in [0, 0.1) is 6.92 Å². The first-order valence-electron chi connectivity index (χ1n) is 13.1. The van der Waals surface area contributed by atoms with Gasteiger partial charge in [0.1, 0.15) is 5.82 Å². The molecule has 1 fully saturated rings. The fourth-order valence-electron chi connectivity index (χ4n) is 5.69. The highest BCUT2D eigenvalue weighted by molar-refractivity contribution is 6.35. The van der Waals surface area contributed by atoms with Crippen LogP contribution in [0.15, 0.2) is 59.5 Å². The van der Waals surface area contributed by atoms with E-state index in [1.54, 1.807) is 4.57 Å². The summed E-state index contributed by atoms with van der Waals surface area (Å²) in [6.45, 7) is 10.9. The Hall–Kier alpha value is -3.68. The molecular formula is C30H31ClN6O. The summed E-state index contributed by atoms with van der Waals surface area (Å²) in [5.41, 5.74) is 6.33. The van der Waals surface area contributed by atoms with Crippen LogP contribution < -0.4 is 15.9 Å². The van der Waals surface area contributed by atoms with Crippen LogP contribution in [0.2, 0.25) is 5.02 Å². The Kier molecular flexibility index (Phi) is 6.20. The topological polar surface area (TPSA) is 78.8 Å². The first-order chi connectivity index (χ1) is 18.3. The van der Waals surface area contributed by atoms with Crippen molar-refractivity contribution in [1.82, 2.24) is 25.1 Å². The lowest BCUT2D eigenvalue weighted by molar-refractivity contribution is 0.497. The van der Waals surface area contributed by atoms with Crippen molar-refractivity contribution in [2.45, 2.75) is 39.7 Å². The molecule has 3 heterocycles. The van der Waals surface area contributed by atoms with E-state index in [0.717, 1.165) is 69.4 Å². The predicted octanol–water partition coefficient (Wildman–Crippen LogP) is 5.81. The number of hydrogen-bond donors (Lipinski definition) is 2. The van der Waals surface area contributed by atoms with E-state index >= 15 is 0 Å². The summed E-state index contributed by atoms with van der Waals surface area (Å²) in [5, 5.41) is 13.2. The van der Waals surface area contributed by atoms with Gasteiger partial charge in [0.05, 0.1) is 22.9 Å². The van der Waals surface area contributed by atoms with E-state index in [1.165, 1.54) is 0 Å². The third kappa shape index (κ3) is 3.97. The number of aromatic amines is 1. The normalized spacial score (nSPS) is 16.2. The molecule has 1 saturated heterocycles. The van der Waals surface area contributed by atoms with Crippen LogP contribution >= 0.6 is 11.6 Å². The summed E-state index contributed by atoms with van der Waals surface area (Å²) in [5.74, 6) is 0.915. The number of anilines is 1. The van der Waals surface area contributed by atoms with Crippen molar-refractivity contribution in [3.05, 3.63) is 81.4 Å². The Labute approximate surface area is 226 Å². The summed E-state index contributed by atoms with van der Waals surface area (Å²) >= 11 is 7.07. The highest BCUT2D eigenvalue weighted by atomic mass is 35.5. The maximum absolute atomic E-state index is 13.9. The molecule has 0 spiro atoms. The van der Waals surface area contributed by atoms with Crippen LogP contribution in [0.3, 0.4) is 0 Å². The average molecular weight is 527 g/mol. The van der Waals surface area contributed by atoms with Crippen molar-refractivity contribution in [2.24, 2.45) is 0 Å². The van der Waals surface area contributed by atoms with Crippen LogP contribution in [0.25, 0.3) is 38.6 Å². The Morgan fingerprint density at radius 2 is 1.92 bits per heavy atom. The van der Waals surface area contributed by atoms with E-state index in [9.17, 15) is 4.79 Å². The molecular weight excluding hydrogens is 496 g/mol. The van der Waals surface area contributed by atoms with Gasteiger partial charge in [-0.15, -0.1) is 0 Å². The number of benzene rings is 3. The molecule has 3 aromatic carbocycles. The number of H-pyrrole nitrogens is 1. The van der Waals surface area contributed by atoms with Gasteiger partial charge >= 0.3 is 5.69 Å². The molecule has 0 saturated carbocycles. The molecule has 1 aliphatic rings. The summed E-state index contributed by atoms with van der Waals surface area (Å²) in [7, 11) is 0. The number of nitrogens with one attached hydrogen (secondary N) is 2. The Morgan fingerprint density at radius 1 is 1.11 bits per heavy atom. The Balaban J connectivity index is 1.72. The van der Waals surface area contributed by atoms with Gasteiger partial charge in [-0.3, -0.25) is 9.67 Å². The van der Waals surface area contributed by atoms with Crippen molar-refractivity contribution >= 4 is 39.2 Å². The Bertz CT molecular complexity index is 1740. The second-order valence-electron chi connectivity index (χ2n) is 10.5. The quantitative estimate of drug-likeness (QED) is 0.309. The summed E-state index contributed by atoms with van der Waals surface area (Å²) in [4.78, 5) is 20.8. The van der Waals surface area contributed by atoms with Crippen LogP contribution in [0.4, 0.5) is 5.82 Å². The zero-order valence-electron chi connectivity index (χ0n) is 22.0. The number of piperazine rings is 1. The fraction of sp³-hybridized carbons (Fsp3) is 0.300. The van der Waals surface area contributed by atoms with E-state index in [-0.39, 0.29) is 17.6 Å². The van der Waals surface area contributed by atoms with Gasteiger partial charge in [0, 0.05) is 47.0 Å². The summed E-state index contributed by atoms with van der Waals surface area (Å²) in [6.07, 6.45) is 1.83. The second kappa shape index (κ2) is 9.57. The van der Waals surface area contributed by atoms with E-state index in [2.05, 4.69) is 71.3 Å². The monoisotopic (exact) mass is 526 g/mol.